The van der Waals surface area contributed by atoms with E-state index in [2.05, 4.69) is 10.6 Å². The summed E-state index contributed by atoms with van der Waals surface area (Å²) in [5.74, 6) is -2.65. The fraction of sp³-hybridized carbons (Fsp3) is 0.167. The van der Waals surface area contributed by atoms with Crippen LogP contribution in [-0.4, -0.2) is 30.3 Å². The third kappa shape index (κ3) is 5.63. The van der Waals surface area contributed by atoms with Gasteiger partial charge in [0.05, 0.1) is 6.54 Å². The fourth-order valence-corrected chi connectivity index (χ4v) is 1.28. The molecule has 0 atom stereocenters. The van der Waals surface area contributed by atoms with E-state index in [0.29, 0.717) is 0 Å². The SMILES string of the molecule is NC(=O)NC(=O)CNC(=O)C(=O)NCc1ccccc1. The lowest BCUT2D eigenvalue weighted by molar-refractivity contribution is -0.139. The topological polar surface area (TPSA) is 130 Å². The normalized spacial score (nSPS) is 9.40. The number of imide groups is 1. The van der Waals surface area contributed by atoms with E-state index in [1.807, 2.05) is 6.07 Å². The van der Waals surface area contributed by atoms with Gasteiger partial charge in [-0.05, 0) is 5.56 Å². The Morgan fingerprint density at radius 1 is 0.950 bits per heavy atom. The van der Waals surface area contributed by atoms with Crippen LogP contribution in [-0.2, 0) is 20.9 Å². The van der Waals surface area contributed by atoms with Gasteiger partial charge in [-0.25, -0.2) is 4.79 Å². The van der Waals surface area contributed by atoms with Crippen molar-refractivity contribution in [3.05, 3.63) is 35.9 Å². The molecule has 0 saturated carbocycles. The van der Waals surface area contributed by atoms with E-state index in [4.69, 9.17) is 5.73 Å². The zero-order valence-corrected chi connectivity index (χ0v) is 10.5. The lowest BCUT2D eigenvalue weighted by Gasteiger charge is -2.06. The number of carbonyl (C=O) groups is 4. The van der Waals surface area contributed by atoms with Gasteiger partial charge < -0.3 is 16.4 Å². The molecule has 20 heavy (non-hydrogen) atoms. The third-order valence-corrected chi connectivity index (χ3v) is 2.17. The van der Waals surface area contributed by atoms with E-state index >= 15 is 0 Å². The first kappa shape index (κ1) is 15.2. The summed E-state index contributed by atoms with van der Waals surface area (Å²) in [4.78, 5) is 44.1. The number of hydrogen-bond donors (Lipinski definition) is 4. The van der Waals surface area contributed by atoms with Crippen molar-refractivity contribution in [2.45, 2.75) is 6.54 Å². The molecule has 8 nitrogen and oxygen atoms in total. The predicted octanol–water partition coefficient (Wildman–Crippen LogP) is -1.39. The van der Waals surface area contributed by atoms with E-state index in [9.17, 15) is 19.2 Å². The number of rotatable bonds is 4. The first-order valence-electron chi connectivity index (χ1n) is 5.68. The van der Waals surface area contributed by atoms with Gasteiger partial charge in [0.2, 0.25) is 5.91 Å². The molecule has 0 fully saturated rings. The second-order valence-corrected chi connectivity index (χ2v) is 3.76. The molecule has 0 aliphatic heterocycles. The van der Waals surface area contributed by atoms with Crippen molar-refractivity contribution in [3.63, 3.8) is 0 Å². The molecule has 0 bridgehead atoms. The molecule has 0 heterocycles. The maximum Gasteiger partial charge on any atom is 0.318 e. The molecule has 0 aromatic heterocycles. The smallest absolute Gasteiger partial charge is 0.318 e. The number of primary amides is 1. The van der Waals surface area contributed by atoms with Crippen molar-refractivity contribution in [2.75, 3.05) is 6.54 Å². The Hall–Kier alpha value is -2.90. The minimum absolute atomic E-state index is 0.195. The summed E-state index contributed by atoms with van der Waals surface area (Å²) in [5, 5.41) is 6.19. The van der Waals surface area contributed by atoms with Crippen LogP contribution in [0.2, 0.25) is 0 Å². The zero-order chi connectivity index (χ0) is 15.0. The number of benzene rings is 1. The van der Waals surface area contributed by atoms with Crippen molar-refractivity contribution in [2.24, 2.45) is 5.73 Å². The first-order valence-corrected chi connectivity index (χ1v) is 5.68. The average molecular weight is 278 g/mol. The average Bonchev–Trinajstić information content (AvgIpc) is 2.42. The molecule has 8 heteroatoms. The summed E-state index contributed by atoms with van der Waals surface area (Å²) in [7, 11) is 0. The van der Waals surface area contributed by atoms with Gasteiger partial charge in [0.1, 0.15) is 0 Å². The van der Waals surface area contributed by atoms with Gasteiger partial charge in [-0.2, -0.15) is 0 Å². The molecule has 0 aliphatic carbocycles. The Kier molecular flexibility index (Phi) is 5.70. The standard InChI is InChI=1S/C12H14N4O4/c13-12(20)16-9(17)7-15-11(19)10(18)14-6-8-4-2-1-3-5-8/h1-5H,6-7H2,(H,14,18)(H,15,19)(H3,13,16,17,20). The second-order valence-electron chi connectivity index (χ2n) is 3.76. The van der Waals surface area contributed by atoms with Crippen molar-refractivity contribution in [3.8, 4) is 0 Å². The summed E-state index contributed by atoms with van der Waals surface area (Å²) in [6.07, 6.45) is 0. The number of nitrogens with two attached hydrogens (primary N) is 1. The summed E-state index contributed by atoms with van der Waals surface area (Å²) in [5.41, 5.74) is 5.54. The quantitative estimate of drug-likeness (QED) is 0.505. The molecule has 0 radical (unpaired) electrons. The lowest BCUT2D eigenvalue weighted by Crippen LogP contribution is -2.46. The Morgan fingerprint density at radius 3 is 2.15 bits per heavy atom. The van der Waals surface area contributed by atoms with Crippen LogP contribution in [0.1, 0.15) is 5.56 Å². The summed E-state index contributed by atoms with van der Waals surface area (Å²) in [6, 6.07) is 7.98. The molecule has 1 aromatic carbocycles. The molecule has 1 rings (SSSR count). The van der Waals surface area contributed by atoms with E-state index < -0.39 is 30.3 Å². The minimum atomic E-state index is -1.03. The molecular formula is C12H14N4O4. The van der Waals surface area contributed by atoms with Crippen LogP contribution in [0.5, 0.6) is 0 Å². The Balaban J connectivity index is 2.31. The first-order chi connectivity index (χ1) is 9.49. The molecule has 0 saturated heterocycles. The van der Waals surface area contributed by atoms with E-state index in [1.165, 1.54) is 0 Å². The van der Waals surface area contributed by atoms with Gasteiger partial charge >= 0.3 is 17.8 Å². The summed E-state index contributed by atoms with van der Waals surface area (Å²) >= 11 is 0. The molecule has 0 unspecified atom stereocenters. The maximum atomic E-state index is 11.4. The predicted molar refractivity (Wildman–Crippen MR) is 69.0 cm³/mol. The largest absolute Gasteiger partial charge is 0.351 e. The van der Waals surface area contributed by atoms with Crippen molar-refractivity contribution in [1.82, 2.24) is 16.0 Å². The van der Waals surface area contributed by atoms with Crippen LogP contribution >= 0.6 is 0 Å². The monoisotopic (exact) mass is 278 g/mol. The molecule has 5 N–H and O–H groups in total. The summed E-state index contributed by atoms with van der Waals surface area (Å²) < 4.78 is 0. The van der Waals surface area contributed by atoms with Gasteiger partial charge in [0.25, 0.3) is 0 Å². The van der Waals surface area contributed by atoms with Crippen molar-refractivity contribution < 1.29 is 19.2 Å². The van der Waals surface area contributed by atoms with Gasteiger partial charge in [-0.3, -0.25) is 19.7 Å². The summed E-state index contributed by atoms with van der Waals surface area (Å²) in [6.45, 7) is -0.318. The van der Waals surface area contributed by atoms with Crippen LogP contribution in [0.25, 0.3) is 0 Å². The molecule has 106 valence electrons. The van der Waals surface area contributed by atoms with Crippen LogP contribution < -0.4 is 21.7 Å². The molecular weight excluding hydrogens is 264 g/mol. The Labute approximate surface area is 114 Å². The van der Waals surface area contributed by atoms with Gasteiger partial charge in [-0.1, -0.05) is 30.3 Å². The van der Waals surface area contributed by atoms with E-state index in [1.54, 1.807) is 29.6 Å². The maximum absolute atomic E-state index is 11.4. The highest BCUT2D eigenvalue weighted by molar-refractivity contribution is 6.35. The van der Waals surface area contributed by atoms with Crippen LogP contribution in [0, 0.1) is 0 Å². The number of nitrogens with one attached hydrogen (secondary N) is 3. The zero-order valence-electron chi connectivity index (χ0n) is 10.5. The highest BCUT2D eigenvalue weighted by atomic mass is 16.2. The van der Waals surface area contributed by atoms with E-state index in [0.717, 1.165) is 5.56 Å². The fourth-order valence-electron chi connectivity index (χ4n) is 1.28. The van der Waals surface area contributed by atoms with E-state index in [-0.39, 0.29) is 6.54 Å². The highest BCUT2D eigenvalue weighted by Crippen LogP contribution is 1.96. The van der Waals surface area contributed by atoms with Gasteiger partial charge in [-0.15, -0.1) is 0 Å². The van der Waals surface area contributed by atoms with Crippen LogP contribution in [0.3, 0.4) is 0 Å². The molecule has 1 aromatic rings. The van der Waals surface area contributed by atoms with Crippen molar-refractivity contribution >= 4 is 23.8 Å². The molecule has 5 amide bonds. The van der Waals surface area contributed by atoms with Gasteiger partial charge in [0, 0.05) is 6.54 Å². The molecule has 0 spiro atoms. The number of amides is 5. The molecule has 0 aliphatic rings. The number of carbonyl (C=O) groups excluding carboxylic acids is 4. The lowest BCUT2D eigenvalue weighted by atomic mass is 10.2. The number of urea groups is 1. The van der Waals surface area contributed by atoms with Gasteiger partial charge in [0.15, 0.2) is 0 Å². The minimum Gasteiger partial charge on any atom is -0.351 e. The number of hydrogen-bond acceptors (Lipinski definition) is 4. The third-order valence-electron chi connectivity index (χ3n) is 2.17. The Bertz CT molecular complexity index is 515. The van der Waals surface area contributed by atoms with Crippen LogP contribution in [0.15, 0.2) is 30.3 Å². The van der Waals surface area contributed by atoms with Crippen LogP contribution in [0.4, 0.5) is 4.79 Å². The second kappa shape index (κ2) is 7.52. The van der Waals surface area contributed by atoms with Crippen molar-refractivity contribution in [1.29, 1.82) is 0 Å². The highest BCUT2D eigenvalue weighted by Gasteiger charge is 2.14. The Morgan fingerprint density at radius 2 is 1.55 bits per heavy atom.